The van der Waals surface area contributed by atoms with Crippen LogP contribution in [0.3, 0.4) is 0 Å². The molecule has 10 heteroatoms. The van der Waals surface area contributed by atoms with Gasteiger partial charge in [-0.05, 0) is 18.2 Å². The molecule has 0 spiro atoms. The maximum absolute atomic E-state index is 13.2. The van der Waals surface area contributed by atoms with Gasteiger partial charge in [-0.15, -0.1) is 0 Å². The minimum atomic E-state index is -4.18. The molecule has 7 nitrogen and oxygen atoms in total. The van der Waals surface area contributed by atoms with Crippen molar-refractivity contribution in [1.29, 1.82) is 0 Å². The van der Waals surface area contributed by atoms with Gasteiger partial charge in [0.25, 0.3) is 10.2 Å². The van der Waals surface area contributed by atoms with Crippen molar-refractivity contribution in [3.63, 3.8) is 0 Å². The number of nitrogens with two attached hydrogens (primary N) is 2. The lowest BCUT2D eigenvalue weighted by atomic mass is 10.3. The molecule has 0 aliphatic rings. The molecule has 16 heavy (non-hydrogen) atoms. The van der Waals surface area contributed by atoms with Gasteiger partial charge in [0.1, 0.15) is 10.7 Å². The van der Waals surface area contributed by atoms with E-state index >= 15 is 0 Å². The van der Waals surface area contributed by atoms with Crippen LogP contribution in [0.5, 0.6) is 0 Å². The summed E-state index contributed by atoms with van der Waals surface area (Å²) >= 11 is 0. The van der Waals surface area contributed by atoms with Crippen LogP contribution in [0.15, 0.2) is 23.1 Å². The molecule has 0 fully saturated rings. The molecule has 5 N–H and O–H groups in total. The summed E-state index contributed by atoms with van der Waals surface area (Å²) in [6.07, 6.45) is 0. The highest BCUT2D eigenvalue weighted by atomic mass is 32.2. The quantitative estimate of drug-likeness (QED) is 0.655. The molecular weight excluding hydrogens is 261 g/mol. The van der Waals surface area contributed by atoms with Crippen molar-refractivity contribution in [3.05, 3.63) is 24.0 Å². The predicted octanol–water partition coefficient (Wildman–Crippen LogP) is -0.911. The van der Waals surface area contributed by atoms with Crippen LogP contribution in [0.2, 0.25) is 0 Å². The Kier molecular flexibility index (Phi) is 3.19. The molecule has 0 heterocycles. The van der Waals surface area contributed by atoms with E-state index < -0.39 is 30.9 Å². The molecule has 0 aromatic heterocycles. The summed E-state index contributed by atoms with van der Waals surface area (Å²) in [4.78, 5) is -0.729. The molecule has 0 unspecified atom stereocenters. The number of primary sulfonamides is 1. The third-order valence-corrected chi connectivity index (χ3v) is 2.96. The van der Waals surface area contributed by atoms with Crippen LogP contribution >= 0.6 is 0 Å². The average molecular weight is 269 g/mol. The monoisotopic (exact) mass is 269 g/mol. The molecule has 0 aliphatic carbocycles. The van der Waals surface area contributed by atoms with E-state index in [0.717, 1.165) is 12.1 Å². The highest BCUT2D eigenvalue weighted by Crippen LogP contribution is 2.17. The normalized spacial score (nSPS) is 12.4. The molecule has 0 radical (unpaired) electrons. The molecule has 1 rings (SSSR count). The average Bonchev–Trinajstić information content (AvgIpc) is 1.97. The van der Waals surface area contributed by atoms with Gasteiger partial charge in [0, 0.05) is 0 Å². The number of anilines is 1. The zero-order valence-electron chi connectivity index (χ0n) is 7.71. The van der Waals surface area contributed by atoms with Gasteiger partial charge < -0.3 is 0 Å². The molecule has 90 valence electrons. The standard InChI is InChI=1S/C6H8FN3O4S2/c7-5-3-4(10-16(9,13)14)1-2-6(5)15(8,11)12/h1-3,10H,(H2,8,11,12)(H2,9,13,14). The summed E-state index contributed by atoms with van der Waals surface area (Å²) in [6, 6.07) is 2.51. The largest absolute Gasteiger partial charge is 0.296 e. The Morgan fingerprint density at radius 3 is 2.06 bits per heavy atom. The Balaban J connectivity index is 3.20. The lowest BCUT2D eigenvalue weighted by Crippen LogP contribution is -2.22. The smallest absolute Gasteiger partial charge is 0.271 e. The van der Waals surface area contributed by atoms with Crippen molar-refractivity contribution >= 4 is 25.9 Å². The van der Waals surface area contributed by atoms with E-state index in [-0.39, 0.29) is 5.69 Å². The third kappa shape index (κ3) is 3.41. The number of nitrogens with one attached hydrogen (secondary N) is 1. The molecular formula is C6H8FN3O4S2. The van der Waals surface area contributed by atoms with Crippen molar-refractivity contribution in [2.24, 2.45) is 10.3 Å². The zero-order chi connectivity index (χ0) is 12.6. The molecule has 0 aliphatic heterocycles. The fourth-order valence-corrected chi connectivity index (χ4v) is 2.00. The molecule has 0 atom stereocenters. The van der Waals surface area contributed by atoms with E-state index in [0.29, 0.717) is 6.07 Å². The summed E-state index contributed by atoms with van der Waals surface area (Å²) < 4.78 is 57.8. The second kappa shape index (κ2) is 3.97. The second-order valence-electron chi connectivity index (χ2n) is 2.84. The number of benzene rings is 1. The topological polar surface area (TPSA) is 132 Å². The first kappa shape index (κ1) is 12.8. The number of halogens is 1. The fourth-order valence-electron chi connectivity index (χ4n) is 0.959. The summed E-state index contributed by atoms with van der Waals surface area (Å²) in [5.41, 5.74) is -0.201. The Morgan fingerprint density at radius 1 is 1.12 bits per heavy atom. The third-order valence-electron chi connectivity index (χ3n) is 1.50. The summed E-state index contributed by atoms with van der Waals surface area (Å²) in [7, 11) is -8.22. The van der Waals surface area contributed by atoms with Crippen molar-refractivity contribution in [3.8, 4) is 0 Å². The molecule has 0 saturated heterocycles. The van der Waals surface area contributed by atoms with Crippen molar-refractivity contribution in [2.45, 2.75) is 4.90 Å². The first-order chi connectivity index (χ1) is 7.09. The first-order valence-electron chi connectivity index (χ1n) is 3.72. The minimum Gasteiger partial charge on any atom is -0.271 e. The highest BCUT2D eigenvalue weighted by molar-refractivity contribution is 7.90. The van der Waals surface area contributed by atoms with Gasteiger partial charge in [-0.2, -0.15) is 8.42 Å². The van der Waals surface area contributed by atoms with Crippen LogP contribution in [0.4, 0.5) is 10.1 Å². The van der Waals surface area contributed by atoms with Crippen LogP contribution in [0.1, 0.15) is 0 Å². The van der Waals surface area contributed by atoms with Gasteiger partial charge in [-0.25, -0.2) is 23.1 Å². The van der Waals surface area contributed by atoms with Gasteiger partial charge >= 0.3 is 0 Å². The van der Waals surface area contributed by atoms with Gasteiger partial charge in [-0.3, -0.25) is 4.72 Å². The van der Waals surface area contributed by atoms with Gasteiger partial charge in [-0.1, -0.05) is 0 Å². The summed E-state index contributed by atoms with van der Waals surface area (Å²) in [5.74, 6) is -1.17. The van der Waals surface area contributed by atoms with Gasteiger partial charge in [0.2, 0.25) is 10.0 Å². The van der Waals surface area contributed by atoms with Crippen molar-refractivity contribution in [1.82, 2.24) is 0 Å². The molecule has 0 amide bonds. The number of hydrogen-bond donors (Lipinski definition) is 3. The van der Waals surface area contributed by atoms with E-state index in [2.05, 4.69) is 5.14 Å². The maximum atomic E-state index is 13.2. The van der Waals surface area contributed by atoms with Crippen LogP contribution < -0.4 is 15.0 Å². The summed E-state index contributed by atoms with van der Waals surface area (Å²) in [5, 5.41) is 9.34. The molecule has 1 aromatic rings. The Labute approximate surface area is 91.5 Å². The summed E-state index contributed by atoms with van der Waals surface area (Å²) in [6.45, 7) is 0. The van der Waals surface area contributed by atoms with E-state index in [4.69, 9.17) is 5.14 Å². The Bertz CT molecular complexity index is 611. The van der Waals surface area contributed by atoms with Crippen molar-refractivity contribution < 1.29 is 21.2 Å². The van der Waals surface area contributed by atoms with Gasteiger partial charge in [0.05, 0.1) is 5.69 Å². The number of hydrogen-bond acceptors (Lipinski definition) is 4. The zero-order valence-corrected chi connectivity index (χ0v) is 9.35. The van der Waals surface area contributed by atoms with E-state index in [1.807, 2.05) is 0 Å². The maximum Gasteiger partial charge on any atom is 0.296 e. The number of sulfonamides is 1. The van der Waals surface area contributed by atoms with Crippen LogP contribution in [0.25, 0.3) is 0 Å². The van der Waals surface area contributed by atoms with Crippen LogP contribution in [0, 0.1) is 5.82 Å². The van der Waals surface area contributed by atoms with Crippen molar-refractivity contribution in [2.75, 3.05) is 4.72 Å². The minimum absolute atomic E-state index is 0.201. The van der Waals surface area contributed by atoms with Gasteiger partial charge in [0.15, 0.2) is 0 Å². The van der Waals surface area contributed by atoms with Crippen LogP contribution in [-0.2, 0) is 20.2 Å². The number of rotatable bonds is 3. The van der Waals surface area contributed by atoms with E-state index in [9.17, 15) is 21.2 Å². The van der Waals surface area contributed by atoms with E-state index in [1.54, 1.807) is 4.72 Å². The SMILES string of the molecule is NS(=O)(=O)Nc1ccc(S(N)(=O)=O)c(F)c1. The van der Waals surface area contributed by atoms with Crippen LogP contribution in [-0.4, -0.2) is 16.8 Å². The first-order valence-corrected chi connectivity index (χ1v) is 6.82. The molecule has 0 bridgehead atoms. The Morgan fingerprint density at radius 2 is 1.69 bits per heavy atom. The van der Waals surface area contributed by atoms with E-state index in [1.165, 1.54) is 0 Å². The highest BCUT2D eigenvalue weighted by Gasteiger charge is 2.15. The lowest BCUT2D eigenvalue weighted by molar-refractivity contribution is 0.568. The lowest BCUT2D eigenvalue weighted by Gasteiger charge is -2.05. The molecule has 0 saturated carbocycles. The fraction of sp³-hybridized carbons (Fsp3) is 0. The second-order valence-corrected chi connectivity index (χ2v) is 5.66. The molecule has 1 aromatic carbocycles. The Hall–Kier alpha value is -1.23. The predicted molar refractivity (Wildman–Crippen MR) is 54.5 cm³/mol.